The third-order valence-electron chi connectivity index (χ3n) is 4.60. The van der Waals surface area contributed by atoms with E-state index in [1.165, 1.54) is 6.21 Å². The van der Waals surface area contributed by atoms with E-state index in [9.17, 15) is 14.4 Å². The Morgan fingerprint density at radius 2 is 1.74 bits per heavy atom. The molecule has 0 fully saturated rings. The zero-order chi connectivity index (χ0) is 25.6. The quantitative estimate of drug-likeness (QED) is 0.253. The maximum absolute atomic E-state index is 12.3. The van der Waals surface area contributed by atoms with Gasteiger partial charge < -0.3 is 24.3 Å². The number of carbonyl (C=O) groups is 3. The molecule has 1 unspecified atom stereocenters. The molecule has 2 aromatic carbocycles. The second-order valence-corrected chi connectivity index (χ2v) is 7.28. The van der Waals surface area contributed by atoms with Gasteiger partial charge in [0.15, 0.2) is 18.1 Å². The summed E-state index contributed by atoms with van der Waals surface area (Å²) < 4.78 is 21.0. The predicted octanol–water partition coefficient (Wildman–Crippen LogP) is 2.23. The molecule has 0 aliphatic carbocycles. The Morgan fingerprint density at radius 3 is 2.40 bits per heavy atom. The molecule has 35 heavy (non-hydrogen) atoms. The molecule has 2 N–H and O–H groups in total. The van der Waals surface area contributed by atoms with E-state index in [2.05, 4.69) is 15.8 Å². The molecule has 0 heterocycles. The van der Waals surface area contributed by atoms with Crippen LogP contribution in [0.1, 0.15) is 31.9 Å². The number of carbonyl (C=O) groups excluding carboxylic acids is 3. The van der Waals surface area contributed by atoms with Gasteiger partial charge in [-0.3, -0.25) is 9.59 Å². The lowest BCUT2D eigenvalue weighted by Crippen LogP contribution is -2.43. The molecule has 1 atom stereocenters. The number of methoxy groups -OCH3 is 1. The van der Waals surface area contributed by atoms with E-state index in [-0.39, 0.29) is 25.5 Å². The monoisotopic (exact) mass is 485 g/mol. The highest BCUT2D eigenvalue weighted by molar-refractivity contribution is 5.89. The van der Waals surface area contributed by atoms with Crippen molar-refractivity contribution in [3.05, 3.63) is 53.6 Å². The average molecular weight is 486 g/mol. The molecule has 0 bridgehead atoms. The van der Waals surface area contributed by atoms with Crippen LogP contribution in [0.2, 0.25) is 0 Å². The second kappa shape index (κ2) is 14.2. The molecule has 0 aromatic heterocycles. The van der Waals surface area contributed by atoms with Gasteiger partial charge in [0, 0.05) is 0 Å². The Labute approximate surface area is 204 Å². The van der Waals surface area contributed by atoms with Crippen LogP contribution < -0.4 is 25.0 Å². The Bertz CT molecular complexity index is 1020. The van der Waals surface area contributed by atoms with Crippen LogP contribution in [0.5, 0.6) is 17.2 Å². The first-order chi connectivity index (χ1) is 16.9. The predicted molar refractivity (Wildman–Crippen MR) is 130 cm³/mol. The van der Waals surface area contributed by atoms with Crippen LogP contribution in [0.3, 0.4) is 0 Å². The molecule has 2 aromatic rings. The van der Waals surface area contributed by atoms with Crippen molar-refractivity contribution in [3.8, 4) is 17.2 Å². The minimum absolute atomic E-state index is 0.135. The molecule has 10 heteroatoms. The first-order valence-corrected chi connectivity index (χ1v) is 11.2. The molecule has 0 saturated carbocycles. The molecule has 10 nitrogen and oxygen atoms in total. The van der Waals surface area contributed by atoms with Crippen molar-refractivity contribution >= 4 is 24.0 Å². The van der Waals surface area contributed by atoms with E-state index in [0.29, 0.717) is 29.4 Å². The highest BCUT2D eigenvalue weighted by atomic mass is 16.6. The Hall–Kier alpha value is -4.08. The van der Waals surface area contributed by atoms with Gasteiger partial charge in [-0.05, 0) is 62.2 Å². The first-order valence-electron chi connectivity index (χ1n) is 11.2. The number of nitrogens with one attached hydrogen (secondary N) is 2. The molecule has 188 valence electrons. The maximum atomic E-state index is 12.3. The number of esters is 1. The minimum atomic E-state index is -0.782. The van der Waals surface area contributed by atoms with E-state index < -0.39 is 17.9 Å². The lowest BCUT2D eigenvalue weighted by Gasteiger charge is -2.13. The van der Waals surface area contributed by atoms with Crippen molar-refractivity contribution < 1.29 is 33.3 Å². The highest BCUT2D eigenvalue weighted by Gasteiger charge is 2.15. The molecule has 2 rings (SSSR count). The Morgan fingerprint density at radius 1 is 1.00 bits per heavy atom. The summed E-state index contributed by atoms with van der Waals surface area (Å²) in [5, 5.41) is 6.58. The van der Waals surface area contributed by atoms with Gasteiger partial charge in [-0.15, -0.1) is 0 Å². The normalized spacial score (nSPS) is 11.4. The summed E-state index contributed by atoms with van der Waals surface area (Å²) in [7, 11) is 1.57. The van der Waals surface area contributed by atoms with Crippen molar-refractivity contribution in [3.63, 3.8) is 0 Å². The number of nitrogens with zero attached hydrogens (tertiary/aromatic N) is 1. The third-order valence-corrected chi connectivity index (χ3v) is 4.60. The fraction of sp³-hybridized carbons (Fsp3) is 0.360. The molecule has 2 amide bonds. The number of benzene rings is 2. The fourth-order valence-corrected chi connectivity index (χ4v) is 2.89. The Kier molecular flexibility index (Phi) is 11.1. The highest BCUT2D eigenvalue weighted by Crippen LogP contribution is 2.28. The minimum Gasteiger partial charge on any atom is -0.497 e. The van der Waals surface area contributed by atoms with Crippen LogP contribution in [0.4, 0.5) is 0 Å². The number of ether oxygens (including phenoxy) is 4. The van der Waals surface area contributed by atoms with Crippen LogP contribution in [0.25, 0.3) is 0 Å². The average Bonchev–Trinajstić information content (AvgIpc) is 2.84. The van der Waals surface area contributed by atoms with Crippen molar-refractivity contribution in [1.82, 2.24) is 10.7 Å². The fourth-order valence-electron chi connectivity index (χ4n) is 2.89. The van der Waals surface area contributed by atoms with Gasteiger partial charge >= 0.3 is 5.97 Å². The van der Waals surface area contributed by atoms with Crippen LogP contribution in [0, 0.1) is 0 Å². The largest absolute Gasteiger partial charge is 0.497 e. The Balaban J connectivity index is 1.88. The van der Waals surface area contributed by atoms with Gasteiger partial charge in [-0.25, -0.2) is 10.2 Å². The smallest absolute Gasteiger partial charge is 0.344 e. The number of rotatable bonds is 13. The van der Waals surface area contributed by atoms with Crippen LogP contribution in [0.15, 0.2) is 47.6 Å². The van der Waals surface area contributed by atoms with Crippen LogP contribution >= 0.6 is 0 Å². The zero-order valence-corrected chi connectivity index (χ0v) is 20.3. The summed E-state index contributed by atoms with van der Waals surface area (Å²) in [6.45, 7) is 5.53. The summed E-state index contributed by atoms with van der Waals surface area (Å²) >= 11 is 0. The van der Waals surface area contributed by atoms with E-state index in [1.54, 1.807) is 63.4 Å². The van der Waals surface area contributed by atoms with Crippen molar-refractivity contribution in [2.45, 2.75) is 33.2 Å². The topological polar surface area (TPSA) is 125 Å². The molecule has 0 radical (unpaired) electrons. The summed E-state index contributed by atoms with van der Waals surface area (Å²) in [6.07, 6.45) is 1.57. The number of hydrazone groups is 1. The summed E-state index contributed by atoms with van der Waals surface area (Å²) in [5.74, 6) is 0.270. The summed E-state index contributed by atoms with van der Waals surface area (Å²) in [4.78, 5) is 36.0. The second-order valence-electron chi connectivity index (χ2n) is 7.28. The van der Waals surface area contributed by atoms with Gasteiger partial charge in [0.2, 0.25) is 5.91 Å². The molecule has 0 aliphatic rings. The molecule has 0 aliphatic heterocycles. The van der Waals surface area contributed by atoms with Crippen molar-refractivity contribution in [2.75, 3.05) is 26.9 Å². The summed E-state index contributed by atoms with van der Waals surface area (Å²) in [5.41, 5.74) is 3.83. The third kappa shape index (κ3) is 9.36. The van der Waals surface area contributed by atoms with E-state index in [1.807, 2.05) is 6.92 Å². The summed E-state index contributed by atoms with van der Waals surface area (Å²) in [6, 6.07) is 11.3. The number of hydrogen-bond donors (Lipinski definition) is 2. The van der Waals surface area contributed by atoms with Gasteiger partial charge in [-0.2, -0.15) is 5.10 Å². The van der Waals surface area contributed by atoms with E-state index in [4.69, 9.17) is 18.9 Å². The number of hydrogen-bond acceptors (Lipinski definition) is 8. The molecular weight excluding hydrogens is 454 g/mol. The first kappa shape index (κ1) is 27.2. The van der Waals surface area contributed by atoms with Gasteiger partial charge in [-0.1, -0.05) is 12.1 Å². The molecular formula is C25H31N3O7. The van der Waals surface area contributed by atoms with E-state index in [0.717, 1.165) is 5.56 Å². The van der Waals surface area contributed by atoms with Crippen LogP contribution in [-0.4, -0.2) is 57.0 Å². The lowest BCUT2D eigenvalue weighted by atomic mass is 10.1. The van der Waals surface area contributed by atoms with Gasteiger partial charge in [0.25, 0.3) is 5.91 Å². The number of amides is 2. The molecule has 0 spiro atoms. The zero-order valence-electron chi connectivity index (χ0n) is 20.3. The maximum Gasteiger partial charge on any atom is 0.344 e. The van der Waals surface area contributed by atoms with Crippen LogP contribution in [-0.2, 0) is 25.5 Å². The standard InChI is InChI=1S/C25H31N3O7/c1-5-33-22-13-19(9-12-21(22)35-16-24(30)34-6-2)15-26-28-25(31)17(3)27-23(29)14-18-7-10-20(32-4)11-8-18/h7-13,15,17H,5-6,14,16H2,1-4H3,(H,27,29)(H,28,31). The van der Waals surface area contributed by atoms with Crippen molar-refractivity contribution in [1.29, 1.82) is 0 Å². The van der Waals surface area contributed by atoms with Crippen molar-refractivity contribution in [2.24, 2.45) is 5.10 Å². The van der Waals surface area contributed by atoms with E-state index >= 15 is 0 Å². The van der Waals surface area contributed by atoms with Gasteiger partial charge in [0.05, 0.1) is 33.0 Å². The lowest BCUT2D eigenvalue weighted by molar-refractivity contribution is -0.145. The van der Waals surface area contributed by atoms with Gasteiger partial charge in [0.1, 0.15) is 11.8 Å². The molecule has 0 saturated heterocycles. The SMILES string of the molecule is CCOC(=O)COc1ccc(C=NNC(=O)C(C)NC(=O)Cc2ccc(OC)cc2)cc1OCC.